The topological polar surface area (TPSA) is 35.5 Å². The Morgan fingerprint density at radius 2 is 2.19 bits per heavy atom. The van der Waals surface area contributed by atoms with Crippen LogP contribution in [0.3, 0.4) is 0 Å². The number of hydrogen-bond donors (Lipinski definition) is 2. The van der Waals surface area contributed by atoms with E-state index >= 15 is 0 Å². The molecule has 0 heterocycles. The van der Waals surface area contributed by atoms with E-state index in [1.54, 1.807) is 0 Å². The fourth-order valence-corrected chi connectivity index (χ4v) is 3.44. The number of rotatable bonds is 7. The van der Waals surface area contributed by atoms with Crippen molar-refractivity contribution in [2.75, 3.05) is 32.9 Å². The molecule has 0 saturated heterocycles. The third-order valence-electron chi connectivity index (χ3n) is 3.00. The number of nitrogens with one attached hydrogen (secondary N) is 1. The van der Waals surface area contributed by atoms with Crippen LogP contribution < -0.4 is 5.32 Å². The second kappa shape index (κ2) is 7.54. The van der Waals surface area contributed by atoms with E-state index in [0.29, 0.717) is 6.04 Å². The van der Waals surface area contributed by atoms with E-state index in [9.17, 15) is 5.11 Å². The highest BCUT2D eigenvalue weighted by Gasteiger charge is 2.24. The molecule has 0 amide bonds. The second-order valence-electron chi connectivity index (χ2n) is 4.91. The predicted molar refractivity (Wildman–Crippen MR) is 72.1 cm³/mol. The molecule has 16 heavy (non-hydrogen) atoms. The first kappa shape index (κ1) is 14.3. The summed E-state index contributed by atoms with van der Waals surface area (Å²) < 4.78 is 0. The van der Waals surface area contributed by atoms with E-state index in [-0.39, 0.29) is 6.10 Å². The van der Waals surface area contributed by atoms with E-state index in [4.69, 9.17) is 0 Å². The molecule has 0 spiro atoms. The zero-order valence-electron chi connectivity index (χ0n) is 10.8. The van der Waals surface area contributed by atoms with Gasteiger partial charge < -0.3 is 15.3 Å². The van der Waals surface area contributed by atoms with Crippen LogP contribution >= 0.6 is 11.8 Å². The monoisotopic (exact) mass is 246 g/mol. The first-order valence-electron chi connectivity index (χ1n) is 6.29. The van der Waals surface area contributed by atoms with E-state index < -0.39 is 0 Å². The molecule has 0 aromatic rings. The molecule has 1 fully saturated rings. The molecule has 3 atom stereocenters. The Morgan fingerprint density at radius 3 is 2.81 bits per heavy atom. The summed E-state index contributed by atoms with van der Waals surface area (Å²) in [6.07, 6.45) is 3.63. The summed E-state index contributed by atoms with van der Waals surface area (Å²) in [5, 5.41) is 14.1. The third kappa shape index (κ3) is 5.53. The summed E-state index contributed by atoms with van der Waals surface area (Å²) in [7, 11) is 3.99. The second-order valence-corrected chi connectivity index (χ2v) is 6.49. The van der Waals surface area contributed by atoms with Gasteiger partial charge in [-0.1, -0.05) is 6.92 Å². The van der Waals surface area contributed by atoms with Crippen LogP contribution in [0, 0.1) is 0 Å². The first-order chi connectivity index (χ1) is 7.61. The van der Waals surface area contributed by atoms with Crippen molar-refractivity contribution in [2.45, 2.75) is 43.6 Å². The van der Waals surface area contributed by atoms with Crippen LogP contribution in [-0.4, -0.2) is 60.3 Å². The Labute approximate surface area is 104 Å². The number of likely N-dealkylation sites (N-methyl/N-ethyl adjacent to an activating group) is 1. The molecule has 3 nitrogen and oxygen atoms in total. The van der Waals surface area contributed by atoms with Crippen molar-refractivity contribution >= 4 is 11.8 Å². The largest absolute Gasteiger partial charge is 0.390 e. The maximum atomic E-state index is 9.74. The molecular weight excluding hydrogens is 220 g/mol. The fraction of sp³-hybridized carbons (Fsp3) is 1.00. The lowest BCUT2D eigenvalue weighted by molar-refractivity contribution is 0.131. The Balaban J connectivity index is 2.10. The van der Waals surface area contributed by atoms with Gasteiger partial charge in [-0.05, 0) is 39.1 Å². The van der Waals surface area contributed by atoms with E-state index in [1.807, 2.05) is 19.0 Å². The van der Waals surface area contributed by atoms with Crippen LogP contribution in [0.15, 0.2) is 0 Å². The fourth-order valence-electron chi connectivity index (χ4n) is 2.30. The summed E-state index contributed by atoms with van der Waals surface area (Å²) in [6.45, 7) is 3.70. The summed E-state index contributed by atoms with van der Waals surface area (Å²) in [6, 6.07) is 0.626. The SMILES string of the molecule is CCSC1CCC(NCC(O)CN(C)C)C1. The van der Waals surface area contributed by atoms with Gasteiger partial charge in [0, 0.05) is 24.4 Å². The summed E-state index contributed by atoms with van der Waals surface area (Å²) >= 11 is 2.08. The molecule has 1 aliphatic rings. The van der Waals surface area contributed by atoms with Crippen molar-refractivity contribution in [3.63, 3.8) is 0 Å². The predicted octanol–water partition coefficient (Wildman–Crippen LogP) is 1.17. The van der Waals surface area contributed by atoms with Crippen molar-refractivity contribution in [1.82, 2.24) is 10.2 Å². The van der Waals surface area contributed by atoms with Gasteiger partial charge in [-0.15, -0.1) is 0 Å². The van der Waals surface area contributed by atoms with Crippen molar-refractivity contribution in [3.05, 3.63) is 0 Å². The maximum Gasteiger partial charge on any atom is 0.0791 e. The van der Waals surface area contributed by atoms with Gasteiger partial charge in [0.25, 0.3) is 0 Å². The van der Waals surface area contributed by atoms with Crippen LogP contribution in [0.1, 0.15) is 26.2 Å². The molecule has 0 aromatic carbocycles. The van der Waals surface area contributed by atoms with Gasteiger partial charge in [0.15, 0.2) is 0 Å². The Bertz CT molecular complexity index is 190. The minimum atomic E-state index is -0.243. The highest BCUT2D eigenvalue weighted by atomic mass is 32.2. The Hall–Kier alpha value is 0.230. The van der Waals surface area contributed by atoms with Gasteiger partial charge in [0.2, 0.25) is 0 Å². The number of aliphatic hydroxyl groups excluding tert-OH is 1. The van der Waals surface area contributed by atoms with Crippen LogP contribution in [0.5, 0.6) is 0 Å². The summed E-state index contributed by atoms with van der Waals surface area (Å²) in [4.78, 5) is 2.02. The first-order valence-corrected chi connectivity index (χ1v) is 7.34. The molecule has 0 radical (unpaired) electrons. The van der Waals surface area contributed by atoms with Crippen LogP contribution in [0.25, 0.3) is 0 Å². The maximum absolute atomic E-state index is 9.74. The smallest absolute Gasteiger partial charge is 0.0791 e. The molecule has 3 unspecified atom stereocenters. The number of thioether (sulfide) groups is 1. The molecule has 0 aromatic heterocycles. The number of hydrogen-bond acceptors (Lipinski definition) is 4. The zero-order chi connectivity index (χ0) is 12.0. The average molecular weight is 246 g/mol. The quantitative estimate of drug-likeness (QED) is 0.707. The van der Waals surface area contributed by atoms with Gasteiger partial charge in [0.1, 0.15) is 0 Å². The average Bonchev–Trinajstić information content (AvgIpc) is 2.62. The van der Waals surface area contributed by atoms with Gasteiger partial charge in [-0.25, -0.2) is 0 Å². The van der Waals surface area contributed by atoms with Crippen LogP contribution in [0.4, 0.5) is 0 Å². The minimum Gasteiger partial charge on any atom is -0.390 e. The van der Waals surface area contributed by atoms with Crippen LogP contribution in [0.2, 0.25) is 0 Å². The Kier molecular flexibility index (Phi) is 6.73. The number of nitrogens with zero attached hydrogens (tertiary/aromatic N) is 1. The number of aliphatic hydroxyl groups is 1. The summed E-state index contributed by atoms with van der Waals surface area (Å²) in [5.74, 6) is 1.22. The van der Waals surface area contributed by atoms with Crippen molar-refractivity contribution in [1.29, 1.82) is 0 Å². The van der Waals surface area contributed by atoms with Gasteiger partial charge >= 0.3 is 0 Å². The lowest BCUT2D eigenvalue weighted by atomic mass is 10.2. The molecule has 1 saturated carbocycles. The molecule has 1 rings (SSSR count). The third-order valence-corrected chi connectivity index (χ3v) is 4.24. The minimum absolute atomic E-state index is 0.243. The molecule has 4 heteroatoms. The normalized spacial score (nSPS) is 27.6. The molecule has 1 aliphatic carbocycles. The Morgan fingerprint density at radius 1 is 1.44 bits per heavy atom. The van der Waals surface area contributed by atoms with E-state index in [1.165, 1.54) is 25.0 Å². The highest BCUT2D eigenvalue weighted by Crippen LogP contribution is 2.29. The van der Waals surface area contributed by atoms with Gasteiger partial charge in [0.05, 0.1) is 6.10 Å². The van der Waals surface area contributed by atoms with Crippen molar-refractivity contribution < 1.29 is 5.11 Å². The standard InChI is InChI=1S/C12H26N2OS/c1-4-16-12-6-5-10(7-12)13-8-11(15)9-14(2)3/h10-13,15H,4-9H2,1-3H3. The van der Waals surface area contributed by atoms with Crippen molar-refractivity contribution in [2.24, 2.45) is 0 Å². The molecule has 0 bridgehead atoms. The van der Waals surface area contributed by atoms with Crippen LogP contribution in [-0.2, 0) is 0 Å². The van der Waals surface area contributed by atoms with E-state index in [2.05, 4.69) is 24.0 Å². The van der Waals surface area contributed by atoms with Gasteiger partial charge in [-0.3, -0.25) is 0 Å². The van der Waals surface area contributed by atoms with E-state index in [0.717, 1.165) is 18.3 Å². The summed E-state index contributed by atoms with van der Waals surface area (Å²) in [5.41, 5.74) is 0. The molecule has 0 aliphatic heterocycles. The zero-order valence-corrected chi connectivity index (χ0v) is 11.6. The van der Waals surface area contributed by atoms with Crippen molar-refractivity contribution in [3.8, 4) is 0 Å². The highest BCUT2D eigenvalue weighted by molar-refractivity contribution is 7.99. The van der Waals surface area contributed by atoms with Gasteiger partial charge in [-0.2, -0.15) is 11.8 Å². The lowest BCUT2D eigenvalue weighted by Crippen LogP contribution is -2.39. The molecular formula is C12H26N2OS. The molecule has 96 valence electrons. The lowest BCUT2D eigenvalue weighted by Gasteiger charge is -2.19. The molecule has 2 N–H and O–H groups in total.